The van der Waals surface area contributed by atoms with E-state index < -0.39 is 5.97 Å². The Morgan fingerprint density at radius 1 is 1.20 bits per heavy atom. The number of aliphatic carboxylic acids is 1. The summed E-state index contributed by atoms with van der Waals surface area (Å²) in [7, 11) is 0. The molecular formula is C11H18N2O2. The third kappa shape index (κ3) is 1.66. The van der Waals surface area contributed by atoms with Crippen molar-refractivity contribution in [1.82, 2.24) is 10.2 Å². The Labute approximate surface area is 89.6 Å². The van der Waals surface area contributed by atoms with E-state index in [-0.39, 0.29) is 5.92 Å². The molecular weight excluding hydrogens is 192 g/mol. The van der Waals surface area contributed by atoms with E-state index in [2.05, 4.69) is 10.2 Å². The molecule has 0 spiro atoms. The van der Waals surface area contributed by atoms with Crippen molar-refractivity contribution in [2.75, 3.05) is 26.2 Å². The molecule has 2 saturated heterocycles. The zero-order valence-electron chi connectivity index (χ0n) is 8.85. The fourth-order valence-electron chi connectivity index (χ4n) is 3.27. The lowest BCUT2D eigenvalue weighted by Gasteiger charge is -2.46. The summed E-state index contributed by atoms with van der Waals surface area (Å²) >= 11 is 0. The van der Waals surface area contributed by atoms with E-state index in [0.29, 0.717) is 11.8 Å². The highest BCUT2D eigenvalue weighted by molar-refractivity contribution is 5.71. The summed E-state index contributed by atoms with van der Waals surface area (Å²) in [6.07, 6.45) is 2.65. The third-order valence-corrected chi connectivity index (χ3v) is 4.12. The van der Waals surface area contributed by atoms with Crippen molar-refractivity contribution in [3.8, 4) is 0 Å². The quantitative estimate of drug-likeness (QED) is 0.673. The number of rotatable bonds is 2. The molecule has 2 N–H and O–H groups in total. The molecule has 0 aromatic rings. The molecule has 84 valence electrons. The maximum atomic E-state index is 11.2. The highest BCUT2D eigenvalue weighted by atomic mass is 16.4. The van der Waals surface area contributed by atoms with Gasteiger partial charge in [-0.25, -0.2) is 0 Å². The second-order valence-corrected chi connectivity index (χ2v) is 5.23. The first-order chi connectivity index (χ1) is 7.25. The Hall–Kier alpha value is -0.610. The fourth-order valence-corrected chi connectivity index (χ4v) is 3.27. The van der Waals surface area contributed by atoms with Gasteiger partial charge in [0, 0.05) is 32.2 Å². The third-order valence-electron chi connectivity index (χ3n) is 4.12. The Morgan fingerprint density at radius 3 is 2.27 bits per heavy atom. The van der Waals surface area contributed by atoms with E-state index in [1.54, 1.807) is 0 Å². The van der Waals surface area contributed by atoms with Crippen LogP contribution < -0.4 is 5.32 Å². The van der Waals surface area contributed by atoms with Gasteiger partial charge in [0.15, 0.2) is 0 Å². The van der Waals surface area contributed by atoms with Crippen molar-refractivity contribution in [3.63, 3.8) is 0 Å². The minimum atomic E-state index is -0.582. The van der Waals surface area contributed by atoms with Gasteiger partial charge >= 0.3 is 5.97 Å². The van der Waals surface area contributed by atoms with Crippen molar-refractivity contribution in [3.05, 3.63) is 0 Å². The fraction of sp³-hybridized carbons (Fsp3) is 0.909. The zero-order chi connectivity index (χ0) is 10.4. The number of hydrogen-bond donors (Lipinski definition) is 2. The van der Waals surface area contributed by atoms with E-state index in [4.69, 9.17) is 0 Å². The lowest BCUT2D eigenvalue weighted by atomic mass is 9.75. The monoisotopic (exact) mass is 210 g/mol. The van der Waals surface area contributed by atoms with Crippen LogP contribution in [0.3, 0.4) is 0 Å². The maximum Gasteiger partial charge on any atom is 0.307 e. The van der Waals surface area contributed by atoms with Gasteiger partial charge in [-0.05, 0) is 24.7 Å². The number of carboxylic acid groups (broad SMARTS) is 1. The zero-order valence-corrected chi connectivity index (χ0v) is 8.85. The van der Waals surface area contributed by atoms with Gasteiger partial charge in [0.1, 0.15) is 0 Å². The van der Waals surface area contributed by atoms with Crippen LogP contribution in [-0.2, 0) is 4.79 Å². The summed E-state index contributed by atoms with van der Waals surface area (Å²) in [4.78, 5) is 13.7. The summed E-state index contributed by atoms with van der Waals surface area (Å²) in [5, 5.41) is 12.6. The molecule has 3 rings (SSSR count). The van der Waals surface area contributed by atoms with Crippen LogP contribution in [0.4, 0.5) is 0 Å². The van der Waals surface area contributed by atoms with E-state index >= 15 is 0 Å². The van der Waals surface area contributed by atoms with E-state index in [0.717, 1.165) is 32.2 Å². The van der Waals surface area contributed by atoms with Gasteiger partial charge < -0.3 is 10.4 Å². The number of hydrogen-bond acceptors (Lipinski definition) is 3. The van der Waals surface area contributed by atoms with Crippen LogP contribution in [0, 0.1) is 17.8 Å². The van der Waals surface area contributed by atoms with E-state index in [1.165, 1.54) is 12.8 Å². The number of nitrogens with zero attached hydrogens (tertiary/aromatic N) is 1. The number of piperidine rings is 2. The molecule has 2 aliphatic heterocycles. The molecule has 0 aromatic heterocycles. The second kappa shape index (κ2) is 3.46. The predicted octanol–water partition coefficient (Wildman–Crippen LogP) is 0.000800. The molecule has 3 aliphatic rings. The standard InChI is InChI=1S/C11H18N2O2/c14-11(15)10-7-3-12-4-8(10)6-13(5-7)9-1-2-9/h7-10,12H,1-6H2,(H,14,15). The highest BCUT2D eigenvalue weighted by Gasteiger charge is 2.46. The molecule has 2 heterocycles. The Morgan fingerprint density at radius 2 is 1.80 bits per heavy atom. The number of fused-ring (bicyclic) bond motifs is 2. The Balaban J connectivity index is 1.76. The smallest absolute Gasteiger partial charge is 0.307 e. The molecule has 4 heteroatoms. The van der Waals surface area contributed by atoms with Crippen molar-refractivity contribution in [2.45, 2.75) is 18.9 Å². The number of likely N-dealkylation sites (tertiary alicyclic amines) is 1. The average Bonchev–Trinajstić information content (AvgIpc) is 2.98. The van der Waals surface area contributed by atoms with Crippen LogP contribution in [-0.4, -0.2) is 48.2 Å². The van der Waals surface area contributed by atoms with Gasteiger partial charge in [0.25, 0.3) is 0 Å². The minimum absolute atomic E-state index is 0.0961. The number of nitrogens with one attached hydrogen (secondary N) is 1. The lowest BCUT2D eigenvalue weighted by molar-refractivity contribution is -0.150. The molecule has 0 radical (unpaired) electrons. The topological polar surface area (TPSA) is 52.6 Å². The van der Waals surface area contributed by atoms with Crippen LogP contribution in [0.5, 0.6) is 0 Å². The number of carboxylic acids is 1. The van der Waals surface area contributed by atoms with Gasteiger partial charge in [0.05, 0.1) is 5.92 Å². The van der Waals surface area contributed by atoms with Crippen molar-refractivity contribution in [1.29, 1.82) is 0 Å². The molecule has 1 aliphatic carbocycles. The number of carbonyl (C=O) groups is 1. The van der Waals surface area contributed by atoms with Gasteiger partial charge in [-0.3, -0.25) is 9.69 Å². The first-order valence-electron chi connectivity index (χ1n) is 5.93. The average molecular weight is 210 g/mol. The largest absolute Gasteiger partial charge is 0.481 e. The van der Waals surface area contributed by atoms with Gasteiger partial charge in [0.2, 0.25) is 0 Å². The van der Waals surface area contributed by atoms with Crippen molar-refractivity contribution < 1.29 is 9.90 Å². The lowest BCUT2D eigenvalue weighted by Crippen LogP contribution is -2.58. The van der Waals surface area contributed by atoms with E-state index in [1.807, 2.05) is 0 Å². The molecule has 2 atom stereocenters. The summed E-state index contributed by atoms with van der Waals surface area (Å²) < 4.78 is 0. The van der Waals surface area contributed by atoms with Crippen LogP contribution in [0.1, 0.15) is 12.8 Å². The molecule has 0 amide bonds. The Kier molecular flexibility index (Phi) is 2.21. The first kappa shape index (κ1) is 9.60. The molecule has 2 bridgehead atoms. The van der Waals surface area contributed by atoms with E-state index in [9.17, 15) is 9.90 Å². The van der Waals surface area contributed by atoms with Gasteiger partial charge in [-0.15, -0.1) is 0 Å². The van der Waals surface area contributed by atoms with Crippen LogP contribution >= 0.6 is 0 Å². The molecule has 15 heavy (non-hydrogen) atoms. The highest BCUT2D eigenvalue weighted by Crippen LogP contribution is 2.37. The summed E-state index contributed by atoms with van der Waals surface area (Å²) in [6.45, 7) is 3.75. The van der Waals surface area contributed by atoms with Crippen molar-refractivity contribution in [2.24, 2.45) is 17.8 Å². The SMILES string of the molecule is O=C(O)C1C2CNCC1CN(C1CC1)C2. The molecule has 2 unspecified atom stereocenters. The summed E-state index contributed by atoms with van der Waals surface area (Å²) in [6, 6.07) is 0.780. The molecule has 0 aromatic carbocycles. The second-order valence-electron chi connectivity index (χ2n) is 5.23. The van der Waals surface area contributed by atoms with Gasteiger partial charge in [-0.1, -0.05) is 0 Å². The van der Waals surface area contributed by atoms with Gasteiger partial charge in [-0.2, -0.15) is 0 Å². The van der Waals surface area contributed by atoms with Crippen LogP contribution in [0.2, 0.25) is 0 Å². The van der Waals surface area contributed by atoms with Crippen LogP contribution in [0.15, 0.2) is 0 Å². The summed E-state index contributed by atoms with van der Waals surface area (Å²) in [5.74, 6) is -0.0191. The van der Waals surface area contributed by atoms with Crippen LogP contribution in [0.25, 0.3) is 0 Å². The predicted molar refractivity (Wildman–Crippen MR) is 55.6 cm³/mol. The summed E-state index contributed by atoms with van der Waals surface area (Å²) in [5.41, 5.74) is 0. The first-order valence-corrected chi connectivity index (χ1v) is 5.93. The maximum absolute atomic E-state index is 11.2. The molecule has 3 fully saturated rings. The normalized spacial score (nSPS) is 41.5. The molecule has 1 saturated carbocycles. The van der Waals surface area contributed by atoms with Crippen molar-refractivity contribution >= 4 is 5.97 Å². The molecule has 4 nitrogen and oxygen atoms in total. The minimum Gasteiger partial charge on any atom is -0.481 e. The Bertz CT molecular complexity index is 264.